The van der Waals surface area contributed by atoms with Gasteiger partial charge in [0.25, 0.3) is 0 Å². The predicted molar refractivity (Wildman–Crippen MR) is 136 cm³/mol. The fourth-order valence-electron chi connectivity index (χ4n) is 3.70. The lowest BCUT2D eigenvalue weighted by Crippen LogP contribution is -2.73. The highest BCUT2D eigenvalue weighted by atomic mass is 15.5. The molecular formula is C29H32N4. The van der Waals surface area contributed by atoms with E-state index in [1.165, 1.54) is 22.3 Å². The zero-order valence-electron chi connectivity index (χ0n) is 18.9. The molecule has 0 bridgehead atoms. The van der Waals surface area contributed by atoms with Crippen LogP contribution >= 0.6 is 0 Å². The summed E-state index contributed by atoms with van der Waals surface area (Å²) >= 11 is 0. The van der Waals surface area contributed by atoms with Gasteiger partial charge in [-0.2, -0.15) is 0 Å². The Hall–Kier alpha value is -3.28. The summed E-state index contributed by atoms with van der Waals surface area (Å²) in [6.45, 7) is 2.86. The number of hydrogen-bond acceptors (Lipinski definition) is 4. The van der Waals surface area contributed by atoms with E-state index in [4.69, 9.17) is 0 Å². The summed E-state index contributed by atoms with van der Waals surface area (Å²) in [6.07, 6.45) is 0. The summed E-state index contributed by atoms with van der Waals surface area (Å²) in [5, 5.41) is 14.9. The Kier molecular flexibility index (Phi) is 8.39. The van der Waals surface area contributed by atoms with Crippen LogP contribution in [0.5, 0.6) is 0 Å². The largest absolute Gasteiger partial charge is 0.270 e. The molecule has 4 rings (SSSR count). The van der Waals surface area contributed by atoms with Crippen molar-refractivity contribution in [3.05, 3.63) is 144 Å². The third-order valence-electron chi connectivity index (χ3n) is 5.60. The topological polar surface area (TPSA) is 48.1 Å². The van der Waals surface area contributed by atoms with Crippen molar-refractivity contribution in [3.63, 3.8) is 0 Å². The highest BCUT2D eigenvalue weighted by Crippen LogP contribution is 2.08. The van der Waals surface area contributed by atoms with Gasteiger partial charge in [0, 0.05) is 26.2 Å². The van der Waals surface area contributed by atoms with Crippen molar-refractivity contribution in [2.45, 2.75) is 32.1 Å². The van der Waals surface area contributed by atoms with E-state index in [9.17, 15) is 0 Å². The third-order valence-corrected chi connectivity index (χ3v) is 5.60. The average molecular weight is 437 g/mol. The van der Waals surface area contributed by atoms with Gasteiger partial charge in [0.2, 0.25) is 0 Å². The molecule has 4 aromatic carbocycles. The third kappa shape index (κ3) is 7.38. The van der Waals surface area contributed by atoms with Gasteiger partial charge in [0.05, 0.1) is 0 Å². The second-order valence-electron chi connectivity index (χ2n) is 8.11. The van der Waals surface area contributed by atoms with Crippen LogP contribution in [0, 0.1) is 0 Å². The summed E-state index contributed by atoms with van der Waals surface area (Å²) < 4.78 is 0. The van der Waals surface area contributed by atoms with Crippen LogP contribution in [0.2, 0.25) is 0 Å². The number of rotatable bonds is 12. The van der Waals surface area contributed by atoms with E-state index in [1.807, 2.05) is 24.3 Å². The number of hydrogen-bond donors (Lipinski definition) is 4. The molecule has 0 aliphatic heterocycles. The Morgan fingerprint density at radius 1 is 0.333 bits per heavy atom. The monoisotopic (exact) mass is 436 g/mol. The molecule has 0 aliphatic rings. The van der Waals surface area contributed by atoms with Crippen molar-refractivity contribution in [1.82, 2.24) is 21.3 Å². The Balaban J connectivity index is 1.56. The smallest absolute Gasteiger partial charge is 0.182 e. The molecule has 168 valence electrons. The molecule has 0 fully saturated rings. The maximum Gasteiger partial charge on any atom is 0.182 e. The van der Waals surface area contributed by atoms with Crippen LogP contribution in [0.15, 0.2) is 121 Å². The van der Waals surface area contributed by atoms with Crippen LogP contribution in [0.3, 0.4) is 0 Å². The molecule has 0 atom stereocenters. The highest BCUT2D eigenvalue weighted by Gasteiger charge is 2.28. The van der Waals surface area contributed by atoms with Crippen LogP contribution in [0.4, 0.5) is 0 Å². The lowest BCUT2D eigenvalue weighted by Gasteiger charge is -2.38. The van der Waals surface area contributed by atoms with Crippen molar-refractivity contribution in [3.8, 4) is 0 Å². The van der Waals surface area contributed by atoms with Crippen LogP contribution < -0.4 is 21.3 Å². The van der Waals surface area contributed by atoms with E-state index < -0.39 is 5.91 Å². The molecule has 0 aliphatic carbocycles. The SMILES string of the molecule is c1ccc(CNC(NCc2ccccc2)(NCc2ccccc2)NCc2ccccc2)cc1. The van der Waals surface area contributed by atoms with E-state index in [0.717, 1.165) is 0 Å². The standard InChI is InChI=1S/C29H32N4/c1-5-13-25(14-6-1)21-30-29(31-22-26-15-7-2-8-16-26,32-23-27-17-9-3-10-18-27)33-24-28-19-11-4-12-20-28/h1-20,30-33H,21-24H2. The van der Waals surface area contributed by atoms with E-state index in [2.05, 4.69) is 118 Å². The van der Waals surface area contributed by atoms with E-state index >= 15 is 0 Å². The van der Waals surface area contributed by atoms with Gasteiger partial charge in [-0.25, -0.2) is 0 Å². The van der Waals surface area contributed by atoms with Gasteiger partial charge in [-0.3, -0.25) is 21.3 Å². The first-order chi connectivity index (χ1) is 16.3. The van der Waals surface area contributed by atoms with Gasteiger partial charge < -0.3 is 0 Å². The van der Waals surface area contributed by atoms with Gasteiger partial charge in [0.1, 0.15) is 0 Å². The fraction of sp³-hybridized carbons (Fsp3) is 0.172. The van der Waals surface area contributed by atoms with Crippen LogP contribution in [-0.2, 0) is 26.2 Å². The molecule has 4 aromatic rings. The van der Waals surface area contributed by atoms with Crippen LogP contribution in [0.25, 0.3) is 0 Å². The minimum absolute atomic E-state index is 0.683. The molecule has 0 radical (unpaired) electrons. The number of benzene rings is 4. The Bertz CT molecular complexity index is 874. The van der Waals surface area contributed by atoms with Crippen molar-refractivity contribution in [2.75, 3.05) is 0 Å². The average Bonchev–Trinajstić information content (AvgIpc) is 2.90. The zero-order chi connectivity index (χ0) is 22.6. The first kappa shape index (κ1) is 22.9. The molecule has 0 spiro atoms. The normalized spacial score (nSPS) is 11.4. The summed E-state index contributed by atoms with van der Waals surface area (Å²) in [5.74, 6) is -0.683. The van der Waals surface area contributed by atoms with Crippen LogP contribution in [0.1, 0.15) is 22.3 Å². The molecule has 0 heterocycles. The van der Waals surface area contributed by atoms with E-state index in [1.54, 1.807) is 0 Å². The van der Waals surface area contributed by atoms with E-state index in [0.29, 0.717) is 26.2 Å². The zero-order valence-corrected chi connectivity index (χ0v) is 18.9. The Labute approximate surface area is 197 Å². The molecule has 4 nitrogen and oxygen atoms in total. The minimum Gasteiger partial charge on any atom is -0.270 e. The summed E-state index contributed by atoms with van der Waals surface area (Å²) in [6, 6.07) is 41.9. The second kappa shape index (κ2) is 12.1. The molecule has 4 heteroatoms. The molecular weight excluding hydrogens is 404 g/mol. The minimum atomic E-state index is -0.683. The lowest BCUT2D eigenvalue weighted by atomic mass is 10.2. The summed E-state index contributed by atoms with van der Waals surface area (Å²) in [7, 11) is 0. The van der Waals surface area contributed by atoms with Gasteiger partial charge in [-0.15, -0.1) is 0 Å². The fourth-order valence-corrected chi connectivity index (χ4v) is 3.70. The van der Waals surface area contributed by atoms with Crippen LogP contribution in [-0.4, -0.2) is 5.91 Å². The number of nitrogens with one attached hydrogen (secondary N) is 4. The Morgan fingerprint density at radius 3 is 0.758 bits per heavy atom. The predicted octanol–water partition coefficient (Wildman–Crippen LogP) is 4.76. The quantitative estimate of drug-likeness (QED) is 0.242. The summed E-state index contributed by atoms with van der Waals surface area (Å²) in [5.41, 5.74) is 4.91. The van der Waals surface area contributed by atoms with Crippen molar-refractivity contribution in [2.24, 2.45) is 0 Å². The summed E-state index contributed by atoms with van der Waals surface area (Å²) in [4.78, 5) is 0. The van der Waals surface area contributed by atoms with Crippen molar-refractivity contribution >= 4 is 0 Å². The van der Waals surface area contributed by atoms with Gasteiger partial charge in [-0.05, 0) is 22.3 Å². The van der Waals surface area contributed by atoms with Gasteiger partial charge in [-0.1, -0.05) is 121 Å². The molecule has 0 amide bonds. The lowest BCUT2D eigenvalue weighted by molar-refractivity contribution is 0.136. The van der Waals surface area contributed by atoms with Crippen molar-refractivity contribution in [1.29, 1.82) is 0 Å². The first-order valence-corrected chi connectivity index (χ1v) is 11.5. The maximum atomic E-state index is 3.73. The molecule has 0 aromatic heterocycles. The van der Waals surface area contributed by atoms with Crippen molar-refractivity contribution < 1.29 is 0 Å². The molecule has 33 heavy (non-hydrogen) atoms. The van der Waals surface area contributed by atoms with Gasteiger partial charge in [0.15, 0.2) is 5.91 Å². The molecule has 0 saturated heterocycles. The maximum absolute atomic E-state index is 3.73. The first-order valence-electron chi connectivity index (χ1n) is 11.5. The molecule has 0 unspecified atom stereocenters. The second-order valence-corrected chi connectivity index (χ2v) is 8.11. The molecule has 0 saturated carbocycles. The molecule has 4 N–H and O–H groups in total. The van der Waals surface area contributed by atoms with E-state index in [-0.39, 0.29) is 0 Å². The highest BCUT2D eigenvalue weighted by molar-refractivity contribution is 5.18. The Morgan fingerprint density at radius 2 is 0.545 bits per heavy atom. The van der Waals surface area contributed by atoms with Gasteiger partial charge >= 0.3 is 0 Å².